The van der Waals surface area contributed by atoms with Gasteiger partial charge in [-0.2, -0.15) is 0 Å². The largest absolute Gasteiger partial charge is 0.484 e. The average Bonchev–Trinajstić information content (AvgIpc) is 2.72. The minimum absolute atomic E-state index is 0.129. The van der Waals surface area contributed by atoms with Gasteiger partial charge in [-0.1, -0.05) is 42.5 Å². The highest BCUT2D eigenvalue weighted by Crippen LogP contribution is 2.35. The summed E-state index contributed by atoms with van der Waals surface area (Å²) in [6.45, 7) is -0.222. The molecule has 4 rings (SSSR count). The number of aromatic amines is 1. The lowest BCUT2D eigenvalue weighted by atomic mass is 9.87. The number of ether oxygens (including phenoxy) is 1. The van der Waals surface area contributed by atoms with E-state index in [1.807, 2.05) is 30.3 Å². The van der Waals surface area contributed by atoms with Crippen LogP contribution < -0.4 is 21.3 Å². The molecule has 0 spiro atoms. The van der Waals surface area contributed by atoms with Crippen molar-refractivity contribution in [2.24, 2.45) is 5.73 Å². The van der Waals surface area contributed by atoms with Crippen LogP contribution in [0.5, 0.6) is 5.75 Å². The number of H-pyrrole nitrogens is 1. The molecule has 146 valence electrons. The van der Waals surface area contributed by atoms with Crippen molar-refractivity contribution < 1.29 is 14.3 Å². The van der Waals surface area contributed by atoms with Gasteiger partial charge >= 0.3 is 0 Å². The van der Waals surface area contributed by atoms with E-state index in [-0.39, 0.29) is 30.3 Å². The fourth-order valence-corrected chi connectivity index (χ4v) is 3.34. The smallest absolute Gasteiger partial charge is 0.257 e. The molecule has 3 aromatic rings. The summed E-state index contributed by atoms with van der Waals surface area (Å²) >= 11 is 0. The molecular formula is C21H18N4O4. The predicted molar refractivity (Wildman–Crippen MR) is 107 cm³/mol. The van der Waals surface area contributed by atoms with Crippen molar-refractivity contribution in [1.29, 1.82) is 0 Å². The summed E-state index contributed by atoms with van der Waals surface area (Å²) < 4.78 is 5.25. The number of benzene rings is 2. The minimum atomic E-state index is -0.571. The van der Waals surface area contributed by atoms with Gasteiger partial charge in [0.15, 0.2) is 6.61 Å². The Labute approximate surface area is 165 Å². The van der Waals surface area contributed by atoms with Crippen LogP contribution >= 0.6 is 0 Å². The molecule has 2 heterocycles. The lowest BCUT2D eigenvalue weighted by Gasteiger charge is -2.24. The molecule has 1 aliphatic rings. The van der Waals surface area contributed by atoms with Crippen LogP contribution in [-0.2, 0) is 9.59 Å². The second kappa shape index (κ2) is 7.59. The summed E-state index contributed by atoms with van der Waals surface area (Å²) in [4.78, 5) is 43.3. The van der Waals surface area contributed by atoms with Gasteiger partial charge in [0.1, 0.15) is 17.4 Å². The van der Waals surface area contributed by atoms with E-state index >= 15 is 0 Å². The van der Waals surface area contributed by atoms with Gasteiger partial charge in [-0.05, 0) is 17.7 Å². The van der Waals surface area contributed by atoms with E-state index in [4.69, 9.17) is 10.5 Å². The lowest BCUT2D eigenvalue weighted by Crippen LogP contribution is -2.31. The summed E-state index contributed by atoms with van der Waals surface area (Å²) in [5.41, 5.74) is 6.71. The highest BCUT2D eigenvalue weighted by molar-refractivity contribution is 5.94. The molecule has 2 aromatic carbocycles. The van der Waals surface area contributed by atoms with Crippen molar-refractivity contribution in [3.05, 3.63) is 76.1 Å². The predicted octanol–water partition coefficient (Wildman–Crippen LogP) is 1.78. The first-order valence-corrected chi connectivity index (χ1v) is 9.02. The third kappa shape index (κ3) is 3.86. The molecule has 1 aliphatic heterocycles. The summed E-state index contributed by atoms with van der Waals surface area (Å²) in [5, 5.41) is 2.71. The molecule has 1 atom stereocenters. The molecule has 4 N–H and O–H groups in total. The molecule has 0 aliphatic carbocycles. The van der Waals surface area contributed by atoms with Gasteiger partial charge in [0.05, 0.1) is 5.56 Å². The third-order valence-electron chi connectivity index (χ3n) is 4.66. The first-order valence-electron chi connectivity index (χ1n) is 9.02. The fourth-order valence-electron chi connectivity index (χ4n) is 3.34. The Morgan fingerprint density at radius 2 is 1.83 bits per heavy atom. The van der Waals surface area contributed by atoms with Crippen molar-refractivity contribution in [2.75, 3.05) is 11.9 Å². The number of nitrogens with two attached hydrogens (primary N) is 1. The average molecular weight is 390 g/mol. The maximum Gasteiger partial charge on any atom is 0.257 e. The second-order valence-electron chi connectivity index (χ2n) is 6.67. The Balaban J connectivity index is 1.70. The van der Waals surface area contributed by atoms with E-state index in [0.717, 1.165) is 11.1 Å². The number of hydrogen-bond acceptors (Lipinski definition) is 5. The molecule has 1 unspecified atom stereocenters. The van der Waals surface area contributed by atoms with Crippen LogP contribution in [-0.4, -0.2) is 28.4 Å². The Kier molecular flexibility index (Phi) is 4.82. The highest BCUT2D eigenvalue weighted by atomic mass is 16.5. The van der Waals surface area contributed by atoms with Crippen LogP contribution in [0, 0.1) is 0 Å². The van der Waals surface area contributed by atoms with Crippen molar-refractivity contribution in [2.45, 2.75) is 12.3 Å². The number of primary amides is 1. The van der Waals surface area contributed by atoms with Crippen LogP contribution in [0.2, 0.25) is 0 Å². The maximum absolute atomic E-state index is 12.9. The number of nitrogens with zero attached hydrogens (tertiary/aromatic N) is 1. The molecule has 8 heteroatoms. The van der Waals surface area contributed by atoms with Gasteiger partial charge in [0.25, 0.3) is 11.5 Å². The molecule has 0 fully saturated rings. The van der Waals surface area contributed by atoms with Gasteiger partial charge in [0, 0.05) is 17.9 Å². The first-order chi connectivity index (χ1) is 14.0. The van der Waals surface area contributed by atoms with Crippen LogP contribution in [0.15, 0.2) is 59.4 Å². The quantitative estimate of drug-likeness (QED) is 0.612. The number of rotatable bonds is 5. The van der Waals surface area contributed by atoms with E-state index in [1.165, 1.54) is 0 Å². The molecular weight excluding hydrogens is 372 g/mol. The van der Waals surface area contributed by atoms with Gasteiger partial charge in [-0.3, -0.25) is 14.4 Å². The number of fused-ring (bicyclic) bond motifs is 1. The van der Waals surface area contributed by atoms with Crippen LogP contribution in [0.3, 0.4) is 0 Å². The lowest BCUT2D eigenvalue weighted by molar-refractivity contribution is -0.120. The summed E-state index contributed by atoms with van der Waals surface area (Å²) in [6, 6.07) is 16.1. The number of carbonyl (C=O) groups is 2. The van der Waals surface area contributed by atoms with Crippen molar-refractivity contribution >= 4 is 17.6 Å². The second-order valence-corrected chi connectivity index (χ2v) is 6.67. The molecule has 0 radical (unpaired) electrons. The normalized spacial score (nSPS) is 15.3. The molecule has 8 nitrogen and oxygen atoms in total. The van der Waals surface area contributed by atoms with Crippen LogP contribution in [0.25, 0.3) is 11.4 Å². The molecule has 2 amide bonds. The zero-order valence-corrected chi connectivity index (χ0v) is 15.3. The van der Waals surface area contributed by atoms with Gasteiger partial charge < -0.3 is 20.8 Å². The Bertz CT molecular complexity index is 1120. The molecule has 0 bridgehead atoms. The number of carbonyl (C=O) groups excluding carboxylic acids is 2. The van der Waals surface area contributed by atoms with Crippen molar-refractivity contribution in [1.82, 2.24) is 9.97 Å². The fraction of sp³-hybridized carbons (Fsp3) is 0.143. The maximum atomic E-state index is 12.9. The number of nitrogens with one attached hydrogen (secondary N) is 2. The third-order valence-corrected chi connectivity index (χ3v) is 4.66. The number of hydrogen-bond donors (Lipinski definition) is 3. The van der Waals surface area contributed by atoms with Crippen molar-refractivity contribution in [3.63, 3.8) is 0 Å². The van der Waals surface area contributed by atoms with E-state index in [1.54, 1.807) is 24.3 Å². The summed E-state index contributed by atoms with van der Waals surface area (Å²) in [7, 11) is 0. The Hall–Kier alpha value is -3.94. The number of aromatic nitrogens is 2. The van der Waals surface area contributed by atoms with E-state index in [2.05, 4.69) is 15.3 Å². The van der Waals surface area contributed by atoms with E-state index < -0.39 is 11.8 Å². The zero-order chi connectivity index (χ0) is 20.4. The topological polar surface area (TPSA) is 127 Å². The monoisotopic (exact) mass is 390 g/mol. The zero-order valence-electron chi connectivity index (χ0n) is 15.3. The van der Waals surface area contributed by atoms with Crippen LogP contribution in [0.1, 0.15) is 23.5 Å². The molecule has 0 saturated carbocycles. The molecule has 0 saturated heterocycles. The number of amides is 2. The highest BCUT2D eigenvalue weighted by Gasteiger charge is 2.31. The Morgan fingerprint density at radius 1 is 1.10 bits per heavy atom. The van der Waals surface area contributed by atoms with E-state index in [9.17, 15) is 14.4 Å². The van der Waals surface area contributed by atoms with E-state index in [0.29, 0.717) is 17.1 Å². The van der Waals surface area contributed by atoms with Crippen molar-refractivity contribution in [3.8, 4) is 17.1 Å². The van der Waals surface area contributed by atoms with Crippen LogP contribution in [0.4, 0.5) is 5.82 Å². The SMILES string of the molecule is NC(=O)COc1ccc(C2CC(=O)Nc3nc(-c4ccccc4)[nH]c(=O)c32)cc1. The number of anilines is 1. The summed E-state index contributed by atoms with van der Waals surface area (Å²) in [5.74, 6) is -0.0923. The van der Waals surface area contributed by atoms with Gasteiger partial charge in [-0.15, -0.1) is 0 Å². The Morgan fingerprint density at radius 3 is 2.52 bits per heavy atom. The van der Waals surface area contributed by atoms with Gasteiger partial charge in [0.2, 0.25) is 5.91 Å². The molecule has 29 heavy (non-hydrogen) atoms. The standard InChI is InChI=1S/C21H18N4O4/c22-16(26)11-29-14-8-6-12(7-9-14)15-10-17(27)23-20-18(15)21(28)25-19(24-20)13-4-2-1-3-5-13/h1-9,15H,10-11H2,(H2,22,26)(H2,23,24,25,27,28). The summed E-state index contributed by atoms with van der Waals surface area (Å²) in [6.07, 6.45) is 0.129. The van der Waals surface area contributed by atoms with Gasteiger partial charge in [-0.25, -0.2) is 4.98 Å². The minimum Gasteiger partial charge on any atom is -0.484 e. The molecule has 1 aromatic heterocycles. The first kappa shape index (κ1) is 18.4.